The molecule has 5 nitrogen and oxygen atoms in total. The minimum atomic E-state index is -7.16. The fourth-order valence-corrected chi connectivity index (χ4v) is 5.71. The van der Waals surface area contributed by atoms with E-state index in [4.69, 9.17) is 0 Å². The molecule has 0 aliphatic carbocycles. The highest BCUT2D eigenvalue weighted by Crippen LogP contribution is 2.60. The number of anilines is 1. The van der Waals surface area contributed by atoms with Crippen LogP contribution in [-0.4, -0.2) is 85.3 Å². The van der Waals surface area contributed by atoms with E-state index in [1.807, 2.05) is 0 Å². The zero-order valence-corrected chi connectivity index (χ0v) is 29.0. The van der Waals surface area contributed by atoms with Gasteiger partial charge in [0.25, 0.3) is 5.91 Å². The van der Waals surface area contributed by atoms with Crippen LogP contribution in [0, 0.1) is 0 Å². The van der Waals surface area contributed by atoms with E-state index in [0.29, 0.717) is 25.8 Å². The zero-order valence-electron chi connectivity index (χ0n) is 28.2. The summed E-state index contributed by atoms with van der Waals surface area (Å²) in [4.78, 5) is 13.8. The van der Waals surface area contributed by atoms with Gasteiger partial charge >= 0.3 is 42.0 Å². The molecule has 0 heterocycles. The Morgan fingerprint density at radius 1 is 0.780 bits per heavy atom. The molecule has 4 unspecified atom stereocenters. The first-order valence-corrected chi connectivity index (χ1v) is 17.1. The average molecular weight is 776 g/mol. The number of alkyl halides is 14. The minimum absolute atomic E-state index is 0.00960. The molecule has 0 N–H and O–H groups in total. The third-order valence-corrected chi connectivity index (χ3v) is 10.7. The van der Waals surface area contributed by atoms with Crippen molar-refractivity contribution in [3.8, 4) is 0 Å². The van der Waals surface area contributed by atoms with E-state index in [0.717, 1.165) is 19.1 Å². The van der Waals surface area contributed by atoms with Crippen LogP contribution in [0.3, 0.4) is 0 Å². The van der Waals surface area contributed by atoms with Gasteiger partial charge < -0.3 is 19.1 Å². The van der Waals surface area contributed by atoms with E-state index in [1.54, 1.807) is 12.5 Å². The summed E-state index contributed by atoms with van der Waals surface area (Å²) in [5.74, 6) is -2.71. The normalized spacial score (nSPS) is 19.1. The number of ether oxygens (including phenoxy) is 3. The van der Waals surface area contributed by atoms with Gasteiger partial charge in [0.05, 0.1) is 6.61 Å². The first kappa shape index (κ1) is 45.7. The third-order valence-electron chi connectivity index (χ3n) is 8.35. The maximum Gasteiger partial charge on any atom is 0.448 e. The second-order valence-corrected chi connectivity index (χ2v) is 15.6. The van der Waals surface area contributed by atoms with Crippen LogP contribution in [-0.2, 0) is 19.0 Å². The molecule has 292 valence electrons. The maximum absolute atomic E-state index is 16.6. The number of benzene rings is 1. The van der Waals surface area contributed by atoms with E-state index in [1.165, 1.54) is 17.5 Å². The largest absolute Gasteiger partial charge is 0.448 e. The Morgan fingerprint density at radius 3 is 1.66 bits per heavy atom. The van der Waals surface area contributed by atoms with Crippen molar-refractivity contribution in [3.05, 3.63) is 36.3 Å². The second kappa shape index (κ2) is 14.6. The van der Waals surface area contributed by atoms with Crippen molar-refractivity contribution in [2.24, 2.45) is 0 Å². The zero-order chi connectivity index (χ0) is 39.8. The molecule has 1 aromatic carbocycles. The third kappa shape index (κ3) is 7.86. The lowest BCUT2D eigenvalue weighted by Gasteiger charge is -2.51. The van der Waals surface area contributed by atoms with E-state index in [-0.39, 0.29) is 18.2 Å². The predicted octanol–water partition coefficient (Wildman–Crippen LogP) is 10.3. The van der Waals surface area contributed by atoms with Gasteiger partial charge in [0.15, 0.2) is 0 Å². The van der Waals surface area contributed by atoms with Gasteiger partial charge in [-0.2, -0.15) is 52.7 Å². The number of carbonyl (C=O) groups excluding carboxylic acids is 1. The molecule has 0 fully saturated rings. The van der Waals surface area contributed by atoms with Gasteiger partial charge in [-0.1, -0.05) is 38.8 Å². The van der Waals surface area contributed by atoms with E-state index in [9.17, 15) is 48.7 Å². The van der Waals surface area contributed by atoms with E-state index < -0.39 is 101 Å². The summed E-state index contributed by atoms with van der Waals surface area (Å²) in [6.45, 7) is 3.70. The fourth-order valence-electron chi connectivity index (χ4n) is 4.67. The Bertz CT molecular complexity index is 1360. The minimum Gasteiger partial charge on any atom is -0.313 e. The standard InChI is InChI=1S/C30H39F14NO4S/c1-10-17-47-29(41,42)30(43,44)49-23(6,12-3)25(32,27(36,37)38)28(39,40)48-22(5,11-2)24(31,26(33,34)35)21(46)45(7)19-15-14-16-20(18-19)50(8,9)13-4/h13-16,18H,4,10-12,17H2,1-3,5-9H3. The highest BCUT2D eigenvalue weighted by Gasteiger charge is 2.85. The van der Waals surface area contributed by atoms with Gasteiger partial charge in [0.2, 0.25) is 0 Å². The van der Waals surface area contributed by atoms with Gasteiger partial charge in [-0.15, -0.1) is 0 Å². The molecular formula is C30H39F14NO4S. The Labute approximate surface area is 281 Å². The lowest BCUT2D eigenvalue weighted by molar-refractivity contribution is -0.497. The summed E-state index contributed by atoms with van der Waals surface area (Å²) in [5, 5.41) is 1.49. The van der Waals surface area contributed by atoms with Crippen LogP contribution < -0.4 is 4.90 Å². The Morgan fingerprint density at radius 2 is 1.26 bits per heavy atom. The fraction of sp³-hybridized carbons (Fsp3) is 0.700. The first-order valence-electron chi connectivity index (χ1n) is 14.6. The highest BCUT2D eigenvalue weighted by molar-refractivity contribution is 8.35. The molecular weight excluding hydrogens is 736 g/mol. The van der Waals surface area contributed by atoms with E-state index >= 15 is 17.6 Å². The number of nitrogens with zero attached hydrogens (tertiary/aromatic N) is 1. The smallest absolute Gasteiger partial charge is 0.313 e. The predicted molar refractivity (Wildman–Crippen MR) is 158 cm³/mol. The van der Waals surface area contributed by atoms with Crippen molar-refractivity contribution < 1.29 is 80.5 Å². The molecule has 1 rings (SSSR count). The van der Waals surface area contributed by atoms with Crippen LogP contribution in [0.1, 0.15) is 53.9 Å². The van der Waals surface area contributed by atoms with Gasteiger partial charge in [0.1, 0.15) is 11.2 Å². The molecule has 1 aromatic rings. The topological polar surface area (TPSA) is 48.0 Å². The lowest BCUT2D eigenvalue weighted by Crippen LogP contribution is -2.75. The number of hydrogen-bond donors (Lipinski definition) is 0. The summed E-state index contributed by atoms with van der Waals surface area (Å²) in [5.41, 5.74) is -22.2. The van der Waals surface area contributed by atoms with Crippen LogP contribution in [0.4, 0.5) is 67.2 Å². The van der Waals surface area contributed by atoms with Crippen LogP contribution in [0.15, 0.2) is 41.1 Å². The van der Waals surface area contributed by atoms with Crippen molar-refractivity contribution in [2.75, 3.05) is 31.1 Å². The van der Waals surface area contributed by atoms with Crippen LogP contribution in [0.2, 0.25) is 0 Å². The van der Waals surface area contributed by atoms with Crippen molar-refractivity contribution >= 4 is 21.6 Å². The number of carbonyl (C=O) groups is 1. The lowest BCUT2D eigenvalue weighted by atomic mass is 9.78. The number of halogens is 14. The Hall–Kier alpha value is -2.32. The molecule has 0 saturated heterocycles. The molecule has 20 heteroatoms. The Kier molecular flexibility index (Phi) is 13.3. The summed E-state index contributed by atoms with van der Waals surface area (Å²) in [6.07, 6.45) is -33.4. The van der Waals surface area contributed by atoms with E-state index in [2.05, 4.69) is 20.8 Å². The van der Waals surface area contributed by atoms with Gasteiger partial charge in [-0.05, 0) is 68.7 Å². The van der Waals surface area contributed by atoms with Crippen molar-refractivity contribution in [2.45, 2.75) is 112 Å². The first-order chi connectivity index (χ1) is 22.2. The number of rotatable bonds is 17. The molecule has 0 aromatic heterocycles. The summed E-state index contributed by atoms with van der Waals surface area (Å²) < 4.78 is 219. The highest BCUT2D eigenvalue weighted by atomic mass is 32.3. The molecule has 0 aliphatic heterocycles. The molecule has 0 aliphatic rings. The SMILES string of the molecule is C=CS(C)(C)c1cccc(N(C)C(=O)C(F)(C(F)(F)F)C(C)(CC)OC(F)(F)C(F)(C(F)(F)F)C(C)(CC)OC(F)(F)C(F)(F)OCCC)c1. The quantitative estimate of drug-likeness (QED) is 0.148. The summed E-state index contributed by atoms with van der Waals surface area (Å²) in [7, 11) is -1.28. The summed E-state index contributed by atoms with van der Waals surface area (Å²) >= 11 is 0. The van der Waals surface area contributed by atoms with Crippen LogP contribution in [0.5, 0.6) is 0 Å². The van der Waals surface area contributed by atoms with Gasteiger partial charge in [-0.25, -0.2) is 18.8 Å². The van der Waals surface area contributed by atoms with Crippen LogP contribution in [0.25, 0.3) is 0 Å². The molecule has 50 heavy (non-hydrogen) atoms. The van der Waals surface area contributed by atoms with Gasteiger partial charge in [0, 0.05) is 12.7 Å². The van der Waals surface area contributed by atoms with Crippen molar-refractivity contribution in [3.63, 3.8) is 0 Å². The monoisotopic (exact) mass is 775 g/mol. The number of hydrogen-bond acceptors (Lipinski definition) is 4. The average Bonchev–Trinajstić information content (AvgIpc) is 3.00. The molecule has 0 spiro atoms. The molecule has 0 bridgehead atoms. The number of amides is 1. The second-order valence-electron chi connectivity index (χ2n) is 12.0. The maximum atomic E-state index is 16.6. The molecule has 0 radical (unpaired) electrons. The summed E-state index contributed by atoms with van der Waals surface area (Å²) in [6, 6.07) is 4.86. The molecule has 1 amide bonds. The molecule has 0 saturated carbocycles. The van der Waals surface area contributed by atoms with Crippen molar-refractivity contribution in [1.29, 1.82) is 0 Å². The van der Waals surface area contributed by atoms with Crippen molar-refractivity contribution in [1.82, 2.24) is 0 Å². The Balaban J connectivity index is 3.99. The van der Waals surface area contributed by atoms with Crippen LogP contribution >= 0.6 is 10.0 Å². The molecule has 4 atom stereocenters. The van der Waals surface area contributed by atoms with Gasteiger partial charge in [-0.3, -0.25) is 4.79 Å².